The van der Waals surface area contributed by atoms with Crippen LogP contribution in [0.2, 0.25) is 0 Å². The van der Waals surface area contributed by atoms with E-state index < -0.39 is 0 Å². The topological polar surface area (TPSA) is 54.0 Å². The molecular weight excluding hydrogens is 210 g/mol. The zero-order valence-electron chi connectivity index (χ0n) is 8.27. The van der Waals surface area contributed by atoms with Gasteiger partial charge in [-0.1, -0.05) is 6.07 Å². The van der Waals surface area contributed by atoms with Gasteiger partial charge in [0, 0.05) is 17.8 Å². The van der Waals surface area contributed by atoms with E-state index >= 15 is 0 Å². The van der Waals surface area contributed by atoms with Gasteiger partial charge >= 0.3 is 0 Å². The summed E-state index contributed by atoms with van der Waals surface area (Å²) in [5.74, 6) is 1.78. The molecule has 0 bridgehead atoms. The number of amides is 1. The summed E-state index contributed by atoms with van der Waals surface area (Å²) < 4.78 is 0. The summed E-state index contributed by atoms with van der Waals surface area (Å²) in [5, 5.41) is 5.99. The highest BCUT2D eigenvalue weighted by Crippen LogP contribution is 2.09. The quantitative estimate of drug-likeness (QED) is 0.777. The number of aromatic nitrogens is 1. The molecule has 0 unspecified atom stereocenters. The van der Waals surface area contributed by atoms with Crippen LogP contribution in [0.3, 0.4) is 0 Å². The molecule has 1 atom stereocenters. The summed E-state index contributed by atoms with van der Waals surface area (Å²) in [4.78, 5) is 15.7. The van der Waals surface area contributed by atoms with E-state index in [2.05, 4.69) is 15.6 Å². The molecule has 2 rings (SSSR count). The normalized spacial score (nSPS) is 20.1. The first kappa shape index (κ1) is 10.4. The van der Waals surface area contributed by atoms with Gasteiger partial charge in [0.2, 0.25) is 5.91 Å². The first-order valence-corrected chi connectivity index (χ1v) is 6.00. The molecule has 0 saturated carbocycles. The molecule has 2 heterocycles. The van der Waals surface area contributed by atoms with E-state index in [1.54, 1.807) is 18.0 Å². The van der Waals surface area contributed by atoms with Gasteiger partial charge in [-0.05, 0) is 12.1 Å². The molecule has 5 heteroatoms. The predicted octanol–water partition coefficient (Wildman–Crippen LogP) is 0.360. The lowest BCUT2D eigenvalue weighted by atomic mass is 10.3. The van der Waals surface area contributed by atoms with Gasteiger partial charge in [0.1, 0.15) is 0 Å². The standard InChI is InChI=1S/C10H13N3OS/c14-10(9-6-15-7-13-9)12-5-8-3-1-2-4-11-8/h1-4,9,13H,5-7H2,(H,12,14)/t9-/m1/s1. The van der Waals surface area contributed by atoms with Crippen molar-refractivity contribution in [3.8, 4) is 0 Å². The number of nitrogens with one attached hydrogen (secondary N) is 2. The summed E-state index contributed by atoms with van der Waals surface area (Å²) >= 11 is 1.74. The van der Waals surface area contributed by atoms with E-state index in [1.807, 2.05) is 18.2 Å². The van der Waals surface area contributed by atoms with Crippen LogP contribution in [0.25, 0.3) is 0 Å². The highest BCUT2D eigenvalue weighted by molar-refractivity contribution is 7.99. The number of nitrogens with zero attached hydrogens (tertiary/aromatic N) is 1. The number of pyridine rings is 1. The molecule has 1 aromatic heterocycles. The second-order valence-electron chi connectivity index (χ2n) is 3.31. The van der Waals surface area contributed by atoms with E-state index in [-0.39, 0.29) is 11.9 Å². The molecule has 0 spiro atoms. The monoisotopic (exact) mass is 223 g/mol. The Morgan fingerprint density at radius 1 is 1.67 bits per heavy atom. The maximum atomic E-state index is 11.6. The molecule has 1 saturated heterocycles. The lowest BCUT2D eigenvalue weighted by Crippen LogP contribution is -2.41. The average Bonchev–Trinajstić information content (AvgIpc) is 2.81. The molecule has 0 aliphatic carbocycles. The largest absolute Gasteiger partial charge is 0.349 e. The predicted molar refractivity (Wildman–Crippen MR) is 60.3 cm³/mol. The van der Waals surface area contributed by atoms with Crippen molar-refractivity contribution in [2.24, 2.45) is 0 Å². The van der Waals surface area contributed by atoms with E-state index in [9.17, 15) is 4.79 Å². The van der Waals surface area contributed by atoms with Gasteiger partial charge < -0.3 is 5.32 Å². The Hall–Kier alpha value is -1.07. The maximum absolute atomic E-state index is 11.6. The van der Waals surface area contributed by atoms with Gasteiger partial charge in [0.15, 0.2) is 0 Å². The molecule has 0 radical (unpaired) electrons. The highest BCUT2D eigenvalue weighted by atomic mass is 32.2. The van der Waals surface area contributed by atoms with Crippen LogP contribution in [-0.4, -0.2) is 28.6 Å². The third-order valence-electron chi connectivity index (χ3n) is 2.20. The summed E-state index contributed by atoms with van der Waals surface area (Å²) in [7, 11) is 0. The maximum Gasteiger partial charge on any atom is 0.238 e. The minimum Gasteiger partial charge on any atom is -0.349 e. The Kier molecular flexibility index (Phi) is 3.58. The average molecular weight is 223 g/mol. The zero-order chi connectivity index (χ0) is 10.5. The molecule has 1 fully saturated rings. The molecule has 1 aliphatic rings. The van der Waals surface area contributed by atoms with Gasteiger partial charge in [-0.15, -0.1) is 11.8 Å². The summed E-state index contributed by atoms with van der Waals surface area (Å²) in [6, 6.07) is 5.63. The van der Waals surface area contributed by atoms with Crippen molar-refractivity contribution in [1.29, 1.82) is 0 Å². The summed E-state index contributed by atoms with van der Waals surface area (Å²) in [6.45, 7) is 0.502. The van der Waals surface area contributed by atoms with Crippen molar-refractivity contribution >= 4 is 17.7 Å². The Morgan fingerprint density at radius 3 is 3.27 bits per heavy atom. The molecule has 1 aromatic rings. The fourth-order valence-electron chi connectivity index (χ4n) is 1.37. The van der Waals surface area contributed by atoms with Crippen LogP contribution in [0.1, 0.15) is 5.69 Å². The van der Waals surface area contributed by atoms with Crippen molar-refractivity contribution in [1.82, 2.24) is 15.6 Å². The third-order valence-corrected chi connectivity index (χ3v) is 3.14. The third kappa shape index (κ3) is 2.94. The fourth-order valence-corrected chi connectivity index (χ4v) is 2.31. The van der Waals surface area contributed by atoms with Gasteiger partial charge in [-0.25, -0.2) is 0 Å². The van der Waals surface area contributed by atoms with Gasteiger partial charge in [0.25, 0.3) is 0 Å². The van der Waals surface area contributed by atoms with Crippen LogP contribution in [0, 0.1) is 0 Å². The molecule has 4 nitrogen and oxygen atoms in total. The van der Waals surface area contributed by atoms with E-state index in [0.29, 0.717) is 6.54 Å². The zero-order valence-corrected chi connectivity index (χ0v) is 9.09. The number of hydrogen-bond acceptors (Lipinski definition) is 4. The van der Waals surface area contributed by atoms with Crippen LogP contribution in [-0.2, 0) is 11.3 Å². The number of carbonyl (C=O) groups is 1. The second kappa shape index (κ2) is 5.14. The van der Waals surface area contributed by atoms with E-state index in [1.165, 1.54) is 0 Å². The van der Waals surface area contributed by atoms with Gasteiger partial charge in [-0.2, -0.15) is 0 Å². The SMILES string of the molecule is O=C(NCc1ccccn1)[C@H]1CSCN1. The van der Waals surface area contributed by atoms with Crippen LogP contribution in [0.4, 0.5) is 0 Å². The molecule has 15 heavy (non-hydrogen) atoms. The van der Waals surface area contributed by atoms with Crippen molar-refractivity contribution in [3.05, 3.63) is 30.1 Å². The van der Waals surface area contributed by atoms with Crippen molar-refractivity contribution in [2.45, 2.75) is 12.6 Å². The number of carbonyl (C=O) groups excluding carboxylic acids is 1. The smallest absolute Gasteiger partial charge is 0.238 e. The van der Waals surface area contributed by atoms with Crippen LogP contribution < -0.4 is 10.6 Å². The Labute approximate surface area is 92.9 Å². The number of thioether (sulfide) groups is 1. The molecule has 1 amide bonds. The highest BCUT2D eigenvalue weighted by Gasteiger charge is 2.21. The van der Waals surface area contributed by atoms with Crippen LogP contribution in [0.15, 0.2) is 24.4 Å². The molecule has 2 N–H and O–H groups in total. The Morgan fingerprint density at radius 2 is 2.60 bits per heavy atom. The summed E-state index contributed by atoms with van der Waals surface area (Å²) in [5.41, 5.74) is 0.886. The van der Waals surface area contributed by atoms with Gasteiger partial charge in [0.05, 0.1) is 18.3 Å². The molecule has 1 aliphatic heterocycles. The fraction of sp³-hybridized carbons (Fsp3) is 0.400. The lowest BCUT2D eigenvalue weighted by molar-refractivity contribution is -0.122. The molecule has 80 valence electrons. The van der Waals surface area contributed by atoms with Gasteiger partial charge in [-0.3, -0.25) is 15.1 Å². The molecule has 0 aromatic carbocycles. The first-order valence-electron chi connectivity index (χ1n) is 4.85. The Bertz CT molecular complexity index is 325. The van der Waals surface area contributed by atoms with E-state index in [0.717, 1.165) is 17.3 Å². The van der Waals surface area contributed by atoms with Crippen molar-refractivity contribution in [2.75, 3.05) is 11.6 Å². The number of rotatable bonds is 3. The second-order valence-corrected chi connectivity index (χ2v) is 4.34. The minimum atomic E-state index is -0.0429. The van der Waals surface area contributed by atoms with Crippen molar-refractivity contribution in [3.63, 3.8) is 0 Å². The van der Waals surface area contributed by atoms with E-state index in [4.69, 9.17) is 0 Å². The Balaban J connectivity index is 1.80. The van der Waals surface area contributed by atoms with Crippen molar-refractivity contribution < 1.29 is 4.79 Å². The first-order chi connectivity index (χ1) is 7.36. The van der Waals surface area contributed by atoms with Crippen LogP contribution >= 0.6 is 11.8 Å². The molecular formula is C10H13N3OS. The summed E-state index contributed by atoms with van der Waals surface area (Å²) in [6.07, 6.45) is 1.73. The minimum absolute atomic E-state index is 0.0429. The number of hydrogen-bond donors (Lipinski definition) is 2. The van der Waals surface area contributed by atoms with Crippen LogP contribution in [0.5, 0.6) is 0 Å². The lowest BCUT2D eigenvalue weighted by Gasteiger charge is -2.09.